The van der Waals surface area contributed by atoms with Crippen molar-refractivity contribution in [3.05, 3.63) is 54.6 Å². The highest BCUT2D eigenvalue weighted by Crippen LogP contribution is 2.24. The molecule has 0 aliphatic carbocycles. The number of benzene rings is 2. The topological polar surface area (TPSA) is 35.6 Å². The van der Waals surface area contributed by atoms with E-state index in [-0.39, 0.29) is 12.5 Å². The van der Waals surface area contributed by atoms with Gasteiger partial charge in [-0.05, 0) is 55.2 Å². The first-order valence-electron chi connectivity index (χ1n) is 9.04. The molecule has 0 unspecified atom stereocenters. The summed E-state index contributed by atoms with van der Waals surface area (Å²) in [4.78, 5) is 16.4. The molecular weight excluding hydrogens is 310 g/mol. The smallest absolute Gasteiger partial charge is 0.246 e. The van der Waals surface area contributed by atoms with Crippen LogP contribution in [-0.2, 0) is 4.79 Å². The average molecular weight is 337 g/mol. The van der Waals surface area contributed by atoms with Crippen LogP contribution in [-0.4, -0.2) is 32.6 Å². The summed E-state index contributed by atoms with van der Waals surface area (Å²) in [5.41, 5.74) is 3.15. The molecule has 1 heterocycles. The van der Waals surface area contributed by atoms with E-state index in [0.717, 1.165) is 30.4 Å². The van der Waals surface area contributed by atoms with Crippen LogP contribution in [0.2, 0.25) is 0 Å². The zero-order valence-corrected chi connectivity index (χ0v) is 15.1. The minimum atomic E-state index is 0.0419. The van der Waals surface area contributed by atoms with Gasteiger partial charge in [0.1, 0.15) is 0 Å². The third kappa shape index (κ3) is 4.53. The highest BCUT2D eigenvalue weighted by atomic mass is 16.2. The van der Waals surface area contributed by atoms with Gasteiger partial charge in [-0.25, -0.2) is 0 Å². The molecule has 4 heteroatoms. The van der Waals surface area contributed by atoms with Gasteiger partial charge in [-0.3, -0.25) is 4.79 Å². The maximum absolute atomic E-state index is 12.3. The third-order valence-electron chi connectivity index (χ3n) is 4.98. The second-order valence-electron chi connectivity index (χ2n) is 6.86. The van der Waals surface area contributed by atoms with Crippen LogP contribution in [0.25, 0.3) is 0 Å². The molecule has 2 aromatic rings. The molecule has 0 spiro atoms. The first kappa shape index (κ1) is 17.3. The minimum Gasteiger partial charge on any atom is -0.376 e. The highest BCUT2D eigenvalue weighted by Gasteiger charge is 2.16. The van der Waals surface area contributed by atoms with Gasteiger partial charge in [0, 0.05) is 37.2 Å². The maximum Gasteiger partial charge on any atom is 0.246 e. The van der Waals surface area contributed by atoms with Gasteiger partial charge >= 0.3 is 0 Å². The van der Waals surface area contributed by atoms with Gasteiger partial charge in [-0.15, -0.1) is 0 Å². The van der Waals surface area contributed by atoms with Crippen molar-refractivity contribution in [2.24, 2.45) is 5.92 Å². The Morgan fingerprint density at radius 1 is 1.08 bits per heavy atom. The Bertz CT molecular complexity index is 676. The molecule has 1 aliphatic heterocycles. The van der Waals surface area contributed by atoms with Crippen molar-refractivity contribution in [2.45, 2.75) is 19.8 Å². The number of para-hydroxylation sites is 1. The Morgan fingerprint density at radius 3 is 2.36 bits per heavy atom. The Balaban J connectivity index is 1.52. The number of likely N-dealkylation sites (N-methyl/N-ethyl adjacent to an activating group) is 1. The highest BCUT2D eigenvalue weighted by molar-refractivity contribution is 5.95. The number of nitrogens with one attached hydrogen (secondary N) is 1. The lowest BCUT2D eigenvalue weighted by Crippen LogP contribution is -2.33. The van der Waals surface area contributed by atoms with E-state index < -0.39 is 0 Å². The van der Waals surface area contributed by atoms with Crippen molar-refractivity contribution in [1.82, 2.24) is 0 Å². The Morgan fingerprint density at radius 2 is 1.72 bits per heavy atom. The lowest BCUT2D eigenvalue weighted by molar-refractivity contribution is -0.116. The number of amides is 1. The standard InChI is InChI=1S/C21H27N3O/c1-17-12-14-24(15-13-17)20-10-8-18(9-11-20)22-16-21(25)23(2)19-6-4-3-5-7-19/h3-11,17,22H,12-16H2,1-2H3. The SMILES string of the molecule is CC1CCN(c2ccc(NCC(=O)N(C)c3ccccc3)cc2)CC1. The number of anilines is 3. The number of rotatable bonds is 5. The van der Waals surface area contributed by atoms with Crippen molar-refractivity contribution in [2.75, 3.05) is 41.8 Å². The molecule has 0 aromatic heterocycles. The first-order chi connectivity index (χ1) is 12.1. The van der Waals surface area contributed by atoms with Crippen LogP contribution >= 0.6 is 0 Å². The van der Waals surface area contributed by atoms with Crippen molar-refractivity contribution in [1.29, 1.82) is 0 Å². The molecule has 4 nitrogen and oxygen atoms in total. The Labute approximate surface area is 150 Å². The molecule has 1 fully saturated rings. The van der Waals surface area contributed by atoms with E-state index in [1.54, 1.807) is 11.9 Å². The Kier molecular flexibility index (Phi) is 5.59. The van der Waals surface area contributed by atoms with Crippen LogP contribution in [0, 0.1) is 5.92 Å². The monoisotopic (exact) mass is 337 g/mol. The maximum atomic E-state index is 12.3. The first-order valence-corrected chi connectivity index (χ1v) is 9.04. The fourth-order valence-electron chi connectivity index (χ4n) is 3.15. The zero-order valence-electron chi connectivity index (χ0n) is 15.1. The second kappa shape index (κ2) is 8.06. The van der Waals surface area contributed by atoms with Crippen LogP contribution < -0.4 is 15.1 Å². The Hall–Kier alpha value is -2.49. The van der Waals surface area contributed by atoms with E-state index >= 15 is 0 Å². The van der Waals surface area contributed by atoms with Crippen LogP contribution in [0.3, 0.4) is 0 Å². The van der Waals surface area contributed by atoms with E-state index in [4.69, 9.17) is 0 Å². The fraction of sp³-hybridized carbons (Fsp3) is 0.381. The van der Waals surface area contributed by atoms with Gasteiger partial charge in [-0.1, -0.05) is 25.1 Å². The molecule has 1 amide bonds. The van der Waals surface area contributed by atoms with Crippen LogP contribution in [0.4, 0.5) is 17.1 Å². The predicted molar refractivity (Wildman–Crippen MR) is 105 cm³/mol. The van der Waals surface area contributed by atoms with Gasteiger partial charge in [0.15, 0.2) is 0 Å². The molecule has 2 aromatic carbocycles. The molecule has 1 saturated heterocycles. The van der Waals surface area contributed by atoms with E-state index in [0.29, 0.717) is 0 Å². The molecule has 0 bridgehead atoms. The third-order valence-corrected chi connectivity index (χ3v) is 4.98. The molecule has 132 valence electrons. The summed E-state index contributed by atoms with van der Waals surface area (Å²) in [6.45, 7) is 4.88. The molecule has 1 aliphatic rings. The van der Waals surface area contributed by atoms with Gasteiger partial charge in [0.2, 0.25) is 5.91 Å². The van der Waals surface area contributed by atoms with Crippen LogP contribution in [0.5, 0.6) is 0 Å². The number of hydrogen-bond acceptors (Lipinski definition) is 3. The number of piperidine rings is 1. The largest absolute Gasteiger partial charge is 0.376 e. The molecule has 0 radical (unpaired) electrons. The summed E-state index contributed by atoms with van der Waals surface area (Å²) in [7, 11) is 1.81. The number of nitrogens with zero attached hydrogens (tertiary/aromatic N) is 2. The van der Waals surface area contributed by atoms with Crippen LogP contribution in [0.1, 0.15) is 19.8 Å². The van der Waals surface area contributed by atoms with E-state index in [2.05, 4.69) is 41.4 Å². The average Bonchev–Trinajstić information content (AvgIpc) is 2.67. The molecule has 1 N–H and O–H groups in total. The quantitative estimate of drug-likeness (QED) is 0.896. The molecule has 0 atom stereocenters. The molecule has 3 rings (SSSR count). The number of carbonyl (C=O) groups is 1. The molecule has 0 saturated carbocycles. The second-order valence-corrected chi connectivity index (χ2v) is 6.86. The summed E-state index contributed by atoms with van der Waals surface area (Å²) < 4.78 is 0. The van der Waals surface area contributed by atoms with E-state index in [1.165, 1.54) is 18.5 Å². The van der Waals surface area contributed by atoms with Crippen molar-refractivity contribution >= 4 is 23.0 Å². The summed E-state index contributed by atoms with van der Waals surface area (Å²) in [6, 6.07) is 18.1. The van der Waals surface area contributed by atoms with Crippen molar-refractivity contribution in [3.8, 4) is 0 Å². The normalized spacial score (nSPS) is 15.0. The fourth-order valence-corrected chi connectivity index (χ4v) is 3.15. The number of hydrogen-bond donors (Lipinski definition) is 1. The summed E-state index contributed by atoms with van der Waals surface area (Å²) in [6.07, 6.45) is 2.53. The summed E-state index contributed by atoms with van der Waals surface area (Å²) in [5, 5.41) is 3.22. The molecule has 25 heavy (non-hydrogen) atoms. The van der Waals surface area contributed by atoms with E-state index in [9.17, 15) is 4.79 Å². The number of carbonyl (C=O) groups excluding carboxylic acids is 1. The lowest BCUT2D eigenvalue weighted by Gasteiger charge is -2.32. The van der Waals surface area contributed by atoms with Gasteiger partial charge in [-0.2, -0.15) is 0 Å². The van der Waals surface area contributed by atoms with Gasteiger partial charge < -0.3 is 15.1 Å². The summed E-state index contributed by atoms with van der Waals surface area (Å²) in [5.74, 6) is 0.880. The van der Waals surface area contributed by atoms with Gasteiger partial charge in [0.25, 0.3) is 0 Å². The minimum absolute atomic E-state index is 0.0419. The van der Waals surface area contributed by atoms with Crippen LogP contribution in [0.15, 0.2) is 54.6 Å². The molecular formula is C21H27N3O. The van der Waals surface area contributed by atoms with Gasteiger partial charge in [0.05, 0.1) is 6.54 Å². The summed E-state index contributed by atoms with van der Waals surface area (Å²) >= 11 is 0. The lowest BCUT2D eigenvalue weighted by atomic mass is 9.99. The zero-order chi connectivity index (χ0) is 17.6. The predicted octanol–water partition coefficient (Wildman–Crippen LogP) is 4.00. The van der Waals surface area contributed by atoms with Crippen molar-refractivity contribution in [3.63, 3.8) is 0 Å². The van der Waals surface area contributed by atoms with E-state index in [1.807, 2.05) is 30.3 Å². The van der Waals surface area contributed by atoms with Crippen molar-refractivity contribution < 1.29 is 4.79 Å².